The van der Waals surface area contributed by atoms with Gasteiger partial charge >= 0.3 is 5.97 Å². The number of para-hydroxylation sites is 1. The Hall–Kier alpha value is -3.29. The largest absolute Gasteiger partial charge is 0.496 e. The molecule has 0 saturated carbocycles. The van der Waals surface area contributed by atoms with Gasteiger partial charge in [0.05, 0.1) is 47.4 Å². The topological polar surface area (TPSA) is 59.1 Å². The van der Waals surface area contributed by atoms with Gasteiger partial charge in [0.25, 0.3) is 0 Å². The van der Waals surface area contributed by atoms with Gasteiger partial charge in [-0.05, 0) is 58.4 Å². The van der Waals surface area contributed by atoms with Crippen molar-refractivity contribution in [3.8, 4) is 5.75 Å². The molecule has 0 saturated heterocycles. The molecule has 0 fully saturated rings. The number of anilines is 3. The van der Waals surface area contributed by atoms with Gasteiger partial charge in [-0.3, -0.25) is 4.79 Å². The van der Waals surface area contributed by atoms with Crippen molar-refractivity contribution in [3.63, 3.8) is 0 Å². The van der Waals surface area contributed by atoms with E-state index in [1.54, 1.807) is 54.5 Å². The first-order valence-corrected chi connectivity index (χ1v) is 11.5. The van der Waals surface area contributed by atoms with Crippen LogP contribution in [0.4, 0.5) is 17.1 Å². The lowest BCUT2D eigenvalue weighted by molar-refractivity contribution is 0.0601. The molecule has 3 aromatic carbocycles. The Labute approximate surface area is 211 Å². The fourth-order valence-electron chi connectivity index (χ4n) is 3.89. The summed E-state index contributed by atoms with van der Waals surface area (Å²) in [7, 11) is 6.79. The number of ether oxygens (including phenoxy) is 2. The number of carbonyl (C=O) groups excluding carboxylic acids is 2. The molecule has 0 bridgehead atoms. The van der Waals surface area contributed by atoms with Gasteiger partial charge in [0.15, 0.2) is 0 Å². The fourth-order valence-corrected chi connectivity index (χ4v) is 4.46. The van der Waals surface area contributed by atoms with Gasteiger partial charge in [-0.1, -0.05) is 23.7 Å². The molecule has 0 radical (unpaired) electrons. The molecule has 34 heavy (non-hydrogen) atoms. The SMILES string of the molecule is COC(=O)c1ccccc1N1/C(=C\c2ccc(N(C)C)cc2OC)C(=O)c2c1ccc(Br)c2Cl. The molecule has 0 amide bonds. The van der Waals surface area contributed by atoms with E-state index in [-0.39, 0.29) is 5.78 Å². The number of allylic oxidation sites excluding steroid dienone is 1. The smallest absolute Gasteiger partial charge is 0.339 e. The van der Waals surface area contributed by atoms with Crippen LogP contribution in [0.1, 0.15) is 26.3 Å². The first-order valence-electron chi connectivity index (χ1n) is 10.4. The molecule has 8 heteroatoms. The normalized spacial score (nSPS) is 13.8. The molecule has 0 aliphatic carbocycles. The molecule has 0 aromatic heterocycles. The van der Waals surface area contributed by atoms with Crippen molar-refractivity contribution in [2.45, 2.75) is 0 Å². The van der Waals surface area contributed by atoms with E-state index in [4.69, 9.17) is 21.1 Å². The minimum absolute atomic E-state index is 0.264. The molecule has 6 nitrogen and oxygen atoms in total. The molecular formula is C26H22BrClN2O4. The number of fused-ring (bicyclic) bond motifs is 1. The first-order chi connectivity index (χ1) is 16.3. The zero-order chi connectivity index (χ0) is 24.6. The Morgan fingerprint density at radius 3 is 2.47 bits per heavy atom. The van der Waals surface area contributed by atoms with Gasteiger partial charge < -0.3 is 19.3 Å². The van der Waals surface area contributed by atoms with Crippen LogP contribution in [0.2, 0.25) is 5.02 Å². The van der Waals surface area contributed by atoms with Crippen molar-refractivity contribution in [2.75, 3.05) is 38.1 Å². The Kier molecular flexibility index (Phi) is 6.68. The summed E-state index contributed by atoms with van der Waals surface area (Å²) in [4.78, 5) is 30.0. The van der Waals surface area contributed by atoms with Crippen LogP contribution >= 0.6 is 27.5 Å². The molecule has 0 unspecified atom stereocenters. The number of carbonyl (C=O) groups is 2. The number of hydrogen-bond donors (Lipinski definition) is 0. The van der Waals surface area contributed by atoms with E-state index in [0.29, 0.717) is 49.0 Å². The van der Waals surface area contributed by atoms with E-state index >= 15 is 0 Å². The minimum atomic E-state index is -0.507. The Bertz CT molecular complexity index is 1340. The predicted molar refractivity (Wildman–Crippen MR) is 139 cm³/mol. The standard InChI is InChI=1S/C26H22BrClN2O4/c1-29(2)16-10-9-15(22(14-16)33-3)13-21-25(31)23-20(12-11-18(27)24(23)28)30(21)19-8-6-5-7-17(19)26(32)34-4/h5-14H,1-4H3/b21-13-. The summed E-state index contributed by atoms with van der Waals surface area (Å²) in [5, 5.41) is 0.307. The van der Waals surface area contributed by atoms with E-state index in [1.807, 2.05) is 37.2 Å². The number of Topliss-reactive ketones (excluding diaryl/α,β-unsaturated/α-hetero) is 1. The number of methoxy groups -OCH3 is 2. The molecule has 1 aliphatic rings. The third-order valence-electron chi connectivity index (χ3n) is 5.59. The summed E-state index contributed by atoms with van der Waals surface area (Å²) < 4.78 is 11.2. The molecule has 0 N–H and O–H groups in total. The van der Waals surface area contributed by atoms with E-state index in [9.17, 15) is 9.59 Å². The zero-order valence-corrected chi connectivity index (χ0v) is 21.4. The maximum Gasteiger partial charge on any atom is 0.339 e. The molecule has 4 rings (SSSR count). The Morgan fingerprint density at radius 2 is 1.79 bits per heavy atom. The average Bonchev–Trinajstić information content (AvgIpc) is 3.12. The lowest BCUT2D eigenvalue weighted by Gasteiger charge is -2.23. The minimum Gasteiger partial charge on any atom is -0.496 e. The van der Waals surface area contributed by atoms with Crippen LogP contribution in [0.5, 0.6) is 5.75 Å². The van der Waals surface area contributed by atoms with Crippen molar-refractivity contribution in [1.82, 2.24) is 0 Å². The maximum absolute atomic E-state index is 13.7. The van der Waals surface area contributed by atoms with Crippen molar-refractivity contribution in [3.05, 3.63) is 86.5 Å². The Morgan fingerprint density at radius 1 is 1.06 bits per heavy atom. The van der Waals surface area contributed by atoms with Gasteiger partial charge in [0, 0.05) is 35.9 Å². The second-order valence-corrected chi connectivity index (χ2v) is 9.01. The summed E-state index contributed by atoms with van der Waals surface area (Å²) in [6.07, 6.45) is 1.75. The number of ketones is 1. The quantitative estimate of drug-likeness (QED) is 0.278. The number of halogens is 2. The van der Waals surface area contributed by atoms with Crippen LogP contribution < -0.4 is 14.5 Å². The van der Waals surface area contributed by atoms with Crippen LogP contribution in [-0.2, 0) is 4.74 Å². The molecule has 1 aliphatic heterocycles. The van der Waals surface area contributed by atoms with Crippen molar-refractivity contribution in [2.24, 2.45) is 0 Å². The van der Waals surface area contributed by atoms with Gasteiger partial charge in [-0.15, -0.1) is 0 Å². The van der Waals surface area contributed by atoms with Gasteiger partial charge in [-0.2, -0.15) is 0 Å². The summed E-state index contributed by atoms with van der Waals surface area (Å²) in [6.45, 7) is 0. The summed E-state index contributed by atoms with van der Waals surface area (Å²) in [6, 6.07) is 16.3. The highest BCUT2D eigenvalue weighted by atomic mass is 79.9. The van der Waals surface area contributed by atoms with Gasteiger partial charge in [0.2, 0.25) is 5.78 Å². The second-order valence-electron chi connectivity index (χ2n) is 7.78. The predicted octanol–water partition coefficient (Wildman–Crippen LogP) is 6.34. The van der Waals surface area contributed by atoms with E-state index in [0.717, 1.165) is 5.69 Å². The Balaban J connectivity index is 1.98. The number of esters is 1. The van der Waals surface area contributed by atoms with Crippen LogP contribution in [-0.4, -0.2) is 40.1 Å². The highest BCUT2D eigenvalue weighted by Crippen LogP contribution is 2.47. The number of rotatable bonds is 5. The van der Waals surface area contributed by atoms with Crippen LogP contribution in [0.3, 0.4) is 0 Å². The van der Waals surface area contributed by atoms with Gasteiger partial charge in [-0.25, -0.2) is 4.79 Å². The summed E-state index contributed by atoms with van der Waals surface area (Å²) >= 11 is 9.97. The molecule has 0 spiro atoms. The number of benzene rings is 3. The summed E-state index contributed by atoms with van der Waals surface area (Å²) in [5.74, 6) is -0.164. The molecule has 0 atom stereocenters. The van der Waals surface area contributed by atoms with Crippen LogP contribution in [0.15, 0.2) is 64.8 Å². The van der Waals surface area contributed by atoms with Crippen molar-refractivity contribution < 1.29 is 19.1 Å². The van der Waals surface area contributed by atoms with Gasteiger partial charge in [0.1, 0.15) is 5.75 Å². The van der Waals surface area contributed by atoms with Crippen molar-refractivity contribution >= 4 is 62.4 Å². The molecule has 3 aromatic rings. The van der Waals surface area contributed by atoms with E-state index < -0.39 is 5.97 Å². The van der Waals surface area contributed by atoms with Crippen LogP contribution in [0.25, 0.3) is 6.08 Å². The number of nitrogens with zero attached hydrogens (tertiary/aromatic N) is 2. The van der Waals surface area contributed by atoms with Crippen molar-refractivity contribution in [1.29, 1.82) is 0 Å². The highest BCUT2D eigenvalue weighted by Gasteiger charge is 2.37. The van der Waals surface area contributed by atoms with E-state index in [1.165, 1.54) is 7.11 Å². The lowest BCUT2D eigenvalue weighted by Crippen LogP contribution is -2.18. The van der Waals surface area contributed by atoms with Crippen LogP contribution in [0, 0.1) is 0 Å². The molecule has 1 heterocycles. The monoisotopic (exact) mass is 540 g/mol. The highest BCUT2D eigenvalue weighted by molar-refractivity contribution is 9.10. The third kappa shape index (κ3) is 4.06. The summed E-state index contributed by atoms with van der Waals surface area (Å²) in [5.41, 5.74) is 3.76. The lowest BCUT2D eigenvalue weighted by atomic mass is 10.1. The number of hydrogen-bond acceptors (Lipinski definition) is 6. The van der Waals surface area contributed by atoms with E-state index in [2.05, 4.69) is 15.9 Å². The first kappa shape index (κ1) is 23.9. The zero-order valence-electron chi connectivity index (χ0n) is 19.1. The third-order valence-corrected chi connectivity index (χ3v) is 6.87. The molecule has 174 valence electrons. The molecular weight excluding hydrogens is 520 g/mol. The maximum atomic E-state index is 13.7. The average molecular weight is 542 g/mol. The second kappa shape index (κ2) is 9.52. The fraction of sp³-hybridized carbons (Fsp3) is 0.154.